The standard InChI is InChI=1S/C13H15N5O3S/c1-8-4-10(11(18(20)21)5-9(8)2)15-12(19)6-22-13-16-14-7-17(13)3/h4-5,7H,6H2,1-3H3,(H,15,19). The van der Waals surface area contributed by atoms with E-state index in [4.69, 9.17) is 0 Å². The van der Waals surface area contributed by atoms with E-state index >= 15 is 0 Å². The van der Waals surface area contributed by atoms with Crippen LogP contribution in [0.1, 0.15) is 11.1 Å². The van der Waals surface area contributed by atoms with Crippen molar-refractivity contribution in [3.63, 3.8) is 0 Å². The average molecular weight is 321 g/mol. The van der Waals surface area contributed by atoms with Gasteiger partial charge in [-0.3, -0.25) is 14.9 Å². The molecule has 1 N–H and O–H groups in total. The highest BCUT2D eigenvalue weighted by atomic mass is 32.2. The van der Waals surface area contributed by atoms with Crippen molar-refractivity contribution in [2.45, 2.75) is 19.0 Å². The Kier molecular flexibility index (Phi) is 4.76. The van der Waals surface area contributed by atoms with Crippen LogP contribution in [-0.2, 0) is 11.8 Å². The molecule has 2 aromatic rings. The lowest BCUT2D eigenvalue weighted by Gasteiger charge is -2.08. The lowest BCUT2D eigenvalue weighted by Crippen LogP contribution is -2.15. The van der Waals surface area contributed by atoms with Crippen molar-refractivity contribution in [2.75, 3.05) is 11.1 Å². The first kappa shape index (κ1) is 16.0. The van der Waals surface area contributed by atoms with Crippen LogP contribution >= 0.6 is 11.8 Å². The number of nitro groups is 1. The number of rotatable bonds is 5. The van der Waals surface area contributed by atoms with Crippen LogP contribution in [0.3, 0.4) is 0 Å². The number of nitrogens with one attached hydrogen (secondary N) is 1. The zero-order valence-electron chi connectivity index (χ0n) is 12.4. The van der Waals surface area contributed by atoms with Gasteiger partial charge in [-0.2, -0.15) is 0 Å². The molecule has 0 aliphatic heterocycles. The number of anilines is 1. The second kappa shape index (κ2) is 6.56. The fraction of sp³-hybridized carbons (Fsp3) is 0.308. The Morgan fingerprint density at radius 3 is 2.68 bits per heavy atom. The third kappa shape index (κ3) is 3.61. The van der Waals surface area contributed by atoms with E-state index in [1.54, 1.807) is 24.6 Å². The molecular formula is C13H15N5O3S. The summed E-state index contributed by atoms with van der Waals surface area (Å²) in [5, 5.41) is 21.8. The lowest BCUT2D eigenvalue weighted by atomic mass is 10.1. The van der Waals surface area contributed by atoms with Gasteiger partial charge in [0, 0.05) is 13.1 Å². The number of nitro benzene ring substituents is 1. The maximum absolute atomic E-state index is 12.0. The molecule has 0 fully saturated rings. The molecule has 1 aromatic heterocycles. The number of hydrogen-bond donors (Lipinski definition) is 1. The smallest absolute Gasteiger partial charge is 0.293 e. The molecule has 0 saturated carbocycles. The molecule has 0 aliphatic carbocycles. The molecule has 22 heavy (non-hydrogen) atoms. The Labute approximate surface area is 131 Å². The third-order valence-electron chi connectivity index (χ3n) is 3.09. The Bertz CT molecular complexity index is 728. The van der Waals surface area contributed by atoms with Crippen molar-refractivity contribution < 1.29 is 9.72 Å². The number of carbonyl (C=O) groups excluding carboxylic acids is 1. The van der Waals surface area contributed by atoms with E-state index in [2.05, 4.69) is 15.5 Å². The van der Waals surface area contributed by atoms with Crippen LogP contribution in [0.25, 0.3) is 0 Å². The Morgan fingerprint density at radius 1 is 1.41 bits per heavy atom. The Morgan fingerprint density at radius 2 is 2.09 bits per heavy atom. The van der Waals surface area contributed by atoms with Crippen LogP contribution in [0.15, 0.2) is 23.6 Å². The van der Waals surface area contributed by atoms with Gasteiger partial charge in [0.1, 0.15) is 12.0 Å². The van der Waals surface area contributed by atoms with Crippen molar-refractivity contribution >= 4 is 29.0 Å². The van der Waals surface area contributed by atoms with Crippen LogP contribution in [-0.4, -0.2) is 31.3 Å². The summed E-state index contributed by atoms with van der Waals surface area (Å²) in [5.74, 6) is -0.240. The number of aromatic nitrogens is 3. The Hall–Kier alpha value is -2.42. The first-order chi connectivity index (χ1) is 10.4. The molecule has 0 radical (unpaired) electrons. The molecule has 116 valence electrons. The zero-order valence-corrected chi connectivity index (χ0v) is 13.2. The molecule has 1 amide bonds. The molecule has 0 spiro atoms. The molecule has 1 aromatic carbocycles. The first-order valence-corrected chi connectivity index (χ1v) is 7.39. The van der Waals surface area contributed by atoms with Gasteiger partial charge in [-0.05, 0) is 31.0 Å². The molecule has 2 rings (SSSR count). The monoisotopic (exact) mass is 321 g/mol. The summed E-state index contributed by atoms with van der Waals surface area (Å²) in [4.78, 5) is 22.6. The van der Waals surface area contributed by atoms with Crippen LogP contribution in [0, 0.1) is 24.0 Å². The van der Waals surface area contributed by atoms with E-state index in [0.717, 1.165) is 11.1 Å². The summed E-state index contributed by atoms with van der Waals surface area (Å²) in [5.41, 5.74) is 1.77. The van der Waals surface area contributed by atoms with E-state index < -0.39 is 4.92 Å². The molecule has 0 bridgehead atoms. The first-order valence-electron chi connectivity index (χ1n) is 6.40. The van der Waals surface area contributed by atoms with Gasteiger partial charge in [-0.15, -0.1) is 10.2 Å². The highest BCUT2D eigenvalue weighted by molar-refractivity contribution is 7.99. The predicted octanol–water partition coefficient (Wildman–Crippen LogP) is 2.07. The summed E-state index contributed by atoms with van der Waals surface area (Å²) in [7, 11) is 1.77. The number of thioether (sulfide) groups is 1. The van der Waals surface area contributed by atoms with Gasteiger partial charge in [-0.25, -0.2) is 0 Å². The van der Waals surface area contributed by atoms with Gasteiger partial charge in [0.25, 0.3) is 5.69 Å². The summed E-state index contributed by atoms with van der Waals surface area (Å²) in [6, 6.07) is 3.07. The van der Waals surface area contributed by atoms with Gasteiger partial charge in [0.2, 0.25) is 5.91 Å². The number of amides is 1. The zero-order chi connectivity index (χ0) is 16.3. The molecule has 1 heterocycles. The molecule has 0 unspecified atom stereocenters. The Balaban J connectivity index is 2.09. The molecular weight excluding hydrogens is 306 g/mol. The minimum atomic E-state index is -0.502. The largest absolute Gasteiger partial charge is 0.320 e. The molecule has 0 aliphatic rings. The number of nitrogens with zero attached hydrogens (tertiary/aromatic N) is 4. The van der Waals surface area contributed by atoms with Gasteiger partial charge < -0.3 is 9.88 Å². The summed E-state index contributed by atoms with van der Waals surface area (Å²) in [6.45, 7) is 3.63. The fourth-order valence-corrected chi connectivity index (χ4v) is 2.46. The average Bonchev–Trinajstić information content (AvgIpc) is 2.85. The van der Waals surface area contributed by atoms with Crippen LogP contribution in [0.2, 0.25) is 0 Å². The molecule has 8 nitrogen and oxygen atoms in total. The quantitative estimate of drug-likeness (QED) is 0.514. The van der Waals surface area contributed by atoms with E-state index in [0.29, 0.717) is 5.16 Å². The maximum atomic E-state index is 12.0. The minimum Gasteiger partial charge on any atom is -0.320 e. The number of carbonyl (C=O) groups is 1. The summed E-state index contributed by atoms with van der Waals surface area (Å²) >= 11 is 1.21. The summed E-state index contributed by atoms with van der Waals surface area (Å²) < 4.78 is 1.69. The lowest BCUT2D eigenvalue weighted by molar-refractivity contribution is -0.384. The second-order valence-electron chi connectivity index (χ2n) is 4.77. The van der Waals surface area contributed by atoms with Crippen LogP contribution < -0.4 is 5.32 Å². The van der Waals surface area contributed by atoms with Gasteiger partial charge in [0.05, 0.1) is 10.7 Å². The van der Waals surface area contributed by atoms with E-state index in [-0.39, 0.29) is 23.0 Å². The van der Waals surface area contributed by atoms with E-state index in [1.165, 1.54) is 24.2 Å². The normalized spacial score (nSPS) is 10.5. The van der Waals surface area contributed by atoms with Crippen molar-refractivity contribution in [3.05, 3.63) is 39.7 Å². The van der Waals surface area contributed by atoms with Crippen molar-refractivity contribution in [2.24, 2.45) is 7.05 Å². The SMILES string of the molecule is Cc1cc(NC(=O)CSc2nncn2C)c([N+](=O)[O-])cc1C. The molecule has 0 saturated heterocycles. The summed E-state index contributed by atoms with van der Waals surface area (Å²) in [6.07, 6.45) is 1.54. The maximum Gasteiger partial charge on any atom is 0.293 e. The van der Waals surface area contributed by atoms with Gasteiger partial charge >= 0.3 is 0 Å². The molecule has 9 heteroatoms. The fourth-order valence-electron chi connectivity index (χ4n) is 1.77. The highest BCUT2D eigenvalue weighted by Crippen LogP contribution is 2.28. The van der Waals surface area contributed by atoms with Crippen LogP contribution in [0.4, 0.5) is 11.4 Å². The van der Waals surface area contributed by atoms with Crippen molar-refractivity contribution in [1.29, 1.82) is 0 Å². The third-order valence-corrected chi connectivity index (χ3v) is 4.12. The van der Waals surface area contributed by atoms with E-state index in [1.807, 2.05) is 6.92 Å². The van der Waals surface area contributed by atoms with Crippen LogP contribution in [0.5, 0.6) is 0 Å². The van der Waals surface area contributed by atoms with Gasteiger partial charge in [0.15, 0.2) is 5.16 Å². The number of benzene rings is 1. The highest BCUT2D eigenvalue weighted by Gasteiger charge is 2.18. The van der Waals surface area contributed by atoms with Crippen molar-refractivity contribution in [1.82, 2.24) is 14.8 Å². The minimum absolute atomic E-state index is 0.0939. The van der Waals surface area contributed by atoms with Crippen molar-refractivity contribution in [3.8, 4) is 0 Å². The number of aryl methyl sites for hydroxylation is 3. The second-order valence-corrected chi connectivity index (χ2v) is 5.71. The molecule has 0 atom stereocenters. The van der Waals surface area contributed by atoms with E-state index in [9.17, 15) is 14.9 Å². The number of hydrogen-bond acceptors (Lipinski definition) is 6. The topological polar surface area (TPSA) is 103 Å². The predicted molar refractivity (Wildman–Crippen MR) is 82.9 cm³/mol. The van der Waals surface area contributed by atoms with Gasteiger partial charge in [-0.1, -0.05) is 11.8 Å².